The zero-order chi connectivity index (χ0) is 13.8. The van der Waals surface area contributed by atoms with Crippen molar-refractivity contribution in [1.29, 1.82) is 0 Å². The van der Waals surface area contributed by atoms with Crippen molar-refractivity contribution in [3.8, 4) is 5.75 Å². The molecule has 0 bridgehead atoms. The Bertz CT molecular complexity index is 561. The average molecular weight is 321 g/mol. The molecule has 0 amide bonds. The maximum absolute atomic E-state index is 12.1. The summed E-state index contributed by atoms with van der Waals surface area (Å²) in [5, 5.41) is 10.1. The number of benzene rings is 2. The van der Waals surface area contributed by atoms with E-state index in [1.165, 1.54) is 0 Å². The molecule has 2 aromatic rings. The second kappa shape index (κ2) is 5.99. The van der Waals surface area contributed by atoms with Gasteiger partial charge < -0.3 is 9.84 Å². The summed E-state index contributed by atoms with van der Waals surface area (Å²) >= 11 is 3.31. The summed E-state index contributed by atoms with van der Waals surface area (Å²) in [5.41, 5.74) is 1.03. The number of hydrogen-bond donors (Lipinski definition) is 1. The van der Waals surface area contributed by atoms with E-state index < -0.39 is 6.10 Å². The van der Waals surface area contributed by atoms with E-state index in [0.29, 0.717) is 16.9 Å². The van der Waals surface area contributed by atoms with Crippen LogP contribution in [0.25, 0.3) is 0 Å². The summed E-state index contributed by atoms with van der Waals surface area (Å²) in [5.74, 6) is 0.347. The van der Waals surface area contributed by atoms with Gasteiger partial charge in [-0.2, -0.15) is 0 Å². The molecule has 19 heavy (non-hydrogen) atoms. The summed E-state index contributed by atoms with van der Waals surface area (Å²) in [4.78, 5) is 12.1. The highest BCUT2D eigenvalue weighted by Crippen LogP contribution is 2.21. The van der Waals surface area contributed by atoms with Crippen LogP contribution in [0.5, 0.6) is 5.75 Å². The molecule has 0 spiro atoms. The summed E-state index contributed by atoms with van der Waals surface area (Å²) < 4.78 is 5.93. The number of aliphatic hydroxyl groups is 1. The largest absolute Gasteiger partial charge is 0.497 e. The van der Waals surface area contributed by atoms with Crippen LogP contribution in [0.1, 0.15) is 22.0 Å². The van der Waals surface area contributed by atoms with Crippen molar-refractivity contribution in [3.05, 3.63) is 64.1 Å². The molecule has 3 nitrogen and oxygen atoms in total. The standard InChI is InChI=1S/C15H13BrO3/c1-19-13-8-4-11(5-9-13)15(18)14(17)10-2-6-12(16)7-3-10/h2-9,14,17H,1H3. The molecule has 0 aliphatic carbocycles. The van der Waals surface area contributed by atoms with Gasteiger partial charge in [0.1, 0.15) is 11.9 Å². The number of aliphatic hydroxyl groups excluding tert-OH is 1. The first-order valence-corrected chi connectivity index (χ1v) is 6.53. The quantitative estimate of drug-likeness (QED) is 0.878. The first-order valence-electron chi connectivity index (χ1n) is 5.73. The van der Waals surface area contributed by atoms with Gasteiger partial charge in [-0.15, -0.1) is 0 Å². The topological polar surface area (TPSA) is 46.5 Å². The molecular formula is C15H13BrO3. The zero-order valence-electron chi connectivity index (χ0n) is 10.3. The Labute approximate surface area is 120 Å². The van der Waals surface area contributed by atoms with Gasteiger partial charge in [0.15, 0.2) is 5.78 Å². The van der Waals surface area contributed by atoms with Gasteiger partial charge >= 0.3 is 0 Å². The van der Waals surface area contributed by atoms with E-state index in [1.54, 1.807) is 55.6 Å². The molecule has 0 aliphatic rings. The number of carbonyl (C=O) groups is 1. The number of ketones is 1. The minimum atomic E-state index is -1.15. The first kappa shape index (κ1) is 13.8. The Morgan fingerprint density at radius 1 is 1.11 bits per heavy atom. The minimum Gasteiger partial charge on any atom is -0.497 e. The number of rotatable bonds is 4. The van der Waals surface area contributed by atoms with E-state index in [1.807, 2.05) is 0 Å². The van der Waals surface area contributed by atoms with Crippen molar-refractivity contribution in [3.63, 3.8) is 0 Å². The number of hydrogen-bond acceptors (Lipinski definition) is 3. The molecule has 0 aliphatic heterocycles. The average Bonchev–Trinajstić information content (AvgIpc) is 2.46. The predicted octanol–water partition coefficient (Wildman–Crippen LogP) is 3.37. The third kappa shape index (κ3) is 3.22. The smallest absolute Gasteiger partial charge is 0.195 e. The van der Waals surface area contributed by atoms with Crippen molar-refractivity contribution < 1.29 is 14.6 Å². The van der Waals surface area contributed by atoms with Gasteiger partial charge in [0.25, 0.3) is 0 Å². The summed E-state index contributed by atoms with van der Waals surface area (Å²) in [6.07, 6.45) is -1.15. The lowest BCUT2D eigenvalue weighted by atomic mass is 10.00. The Morgan fingerprint density at radius 3 is 2.21 bits per heavy atom. The van der Waals surface area contributed by atoms with Gasteiger partial charge in [-0.1, -0.05) is 28.1 Å². The molecule has 1 N–H and O–H groups in total. The lowest BCUT2D eigenvalue weighted by molar-refractivity contribution is 0.0747. The number of halogens is 1. The van der Waals surface area contributed by atoms with Gasteiger partial charge in [-0.05, 0) is 42.0 Å². The predicted molar refractivity (Wildman–Crippen MR) is 76.4 cm³/mol. The molecule has 1 unspecified atom stereocenters. The molecular weight excluding hydrogens is 308 g/mol. The third-order valence-electron chi connectivity index (χ3n) is 2.81. The molecule has 0 fully saturated rings. The van der Waals surface area contributed by atoms with E-state index in [2.05, 4.69) is 15.9 Å². The molecule has 0 heterocycles. The van der Waals surface area contributed by atoms with E-state index in [4.69, 9.17) is 4.74 Å². The van der Waals surface area contributed by atoms with Crippen LogP contribution in [0, 0.1) is 0 Å². The molecule has 98 valence electrons. The zero-order valence-corrected chi connectivity index (χ0v) is 11.9. The number of Topliss-reactive ketones (excluding diaryl/α,β-unsaturated/α-hetero) is 1. The number of methoxy groups -OCH3 is 1. The molecule has 2 aromatic carbocycles. The fraction of sp³-hybridized carbons (Fsp3) is 0.133. The van der Waals surface area contributed by atoms with Crippen LogP contribution in [0.15, 0.2) is 53.0 Å². The van der Waals surface area contributed by atoms with Crippen LogP contribution in [0.3, 0.4) is 0 Å². The Balaban J connectivity index is 2.20. The number of ether oxygens (including phenoxy) is 1. The fourth-order valence-corrected chi connectivity index (χ4v) is 1.97. The van der Waals surface area contributed by atoms with E-state index in [0.717, 1.165) is 4.47 Å². The molecule has 1 atom stereocenters. The lowest BCUT2D eigenvalue weighted by Gasteiger charge is -2.10. The maximum Gasteiger partial charge on any atom is 0.195 e. The Hall–Kier alpha value is -1.65. The summed E-state index contributed by atoms with van der Waals surface area (Å²) in [7, 11) is 1.56. The van der Waals surface area contributed by atoms with Crippen LogP contribution in [-0.4, -0.2) is 18.0 Å². The molecule has 0 saturated carbocycles. The van der Waals surface area contributed by atoms with Crippen molar-refractivity contribution >= 4 is 21.7 Å². The van der Waals surface area contributed by atoms with Crippen molar-refractivity contribution in [2.75, 3.05) is 7.11 Å². The Kier molecular flexibility index (Phi) is 4.35. The first-order chi connectivity index (χ1) is 9.11. The van der Waals surface area contributed by atoms with Crippen LogP contribution in [0.4, 0.5) is 0 Å². The van der Waals surface area contributed by atoms with Gasteiger partial charge in [-0.3, -0.25) is 4.79 Å². The highest BCUT2D eigenvalue weighted by Gasteiger charge is 2.18. The molecule has 4 heteroatoms. The lowest BCUT2D eigenvalue weighted by Crippen LogP contribution is -2.12. The normalized spacial score (nSPS) is 11.9. The van der Waals surface area contributed by atoms with Crippen molar-refractivity contribution in [1.82, 2.24) is 0 Å². The van der Waals surface area contributed by atoms with Crippen LogP contribution >= 0.6 is 15.9 Å². The Morgan fingerprint density at radius 2 is 1.68 bits per heavy atom. The summed E-state index contributed by atoms with van der Waals surface area (Å²) in [6.45, 7) is 0. The SMILES string of the molecule is COc1ccc(C(=O)C(O)c2ccc(Br)cc2)cc1. The van der Waals surface area contributed by atoms with Gasteiger partial charge in [0, 0.05) is 10.0 Å². The highest BCUT2D eigenvalue weighted by atomic mass is 79.9. The van der Waals surface area contributed by atoms with E-state index in [-0.39, 0.29) is 5.78 Å². The third-order valence-corrected chi connectivity index (χ3v) is 3.34. The highest BCUT2D eigenvalue weighted by molar-refractivity contribution is 9.10. The molecule has 0 saturated heterocycles. The van der Waals surface area contributed by atoms with Crippen LogP contribution in [0.2, 0.25) is 0 Å². The van der Waals surface area contributed by atoms with Crippen molar-refractivity contribution in [2.45, 2.75) is 6.10 Å². The van der Waals surface area contributed by atoms with Crippen LogP contribution in [-0.2, 0) is 0 Å². The van der Waals surface area contributed by atoms with E-state index in [9.17, 15) is 9.90 Å². The second-order valence-electron chi connectivity index (χ2n) is 4.05. The van der Waals surface area contributed by atoms with Crippen molar-refractivity contribution in [2.24, 2.45) is 0 Å². The maximum atomic E-state index is 12.1. The second-order valence-corrected chi connectivity index (χ2v) is 4.96. The van der Waals surface area contributed by atoms with E-state index >= 15 is 0 Å². The molecule has 2 rings (SSSR count). The minimum absolute atomic E-state index is 0.329. The molecule has 0 radical (unpaired) electrons. The van der Waals surface area contributed by atoms with Gasteiger partial charge in [0.2, 0.25) is 0 Å². The number of carbonyl (C=O) groups excluding carboxylic acids is 1. The monoisotopic (exact) mass is 320 g/mol. The van der Waals surface area contributed by atoms with Gasteiger partial charge in [-0.25, -0.2) is 0 Å². The summed E-state index contributed by atoms with van der Waals surface area (Å²) in [6, 6.07) is 13.7. The fourth-order valence-electron chi connectivity index (χ4n) is 1.71. The van der Waals surface area contributed by atoms with Crippen LogP contribution < -0.4 is 4.74 Å². The molecule has 0 aromatic heterocycles. The van der Waals surface area contributed by atoms with Gasteiger partial charge in [0.05, 0.1) is 7.11 Å².